The van der Waals surface area contributed by atoms with Crippen LogP contribution in [0.25, 0.3) is 0 Å². The summed E-state index contributed by atoms with van der Waals surface area (Å²) >= 11 is 1.33. The van der Waals surface area contributed by atoms with Gasteiger partial charge in [0, 0.05) is 24.0 Å². The van der Waals surface area contributed by atoms with Crippen LogP contribution in [0.5, 0.6) is 0 Å². The van der Waals surface area contributed by atoms with Gasteiger partial charge >= 0.3 is 5.97 Å². The third kappa shape index (κ3) is 4.29. The average Bonchev–Trinajstić information content (AvgIpc) is 3.07. The van der Waals surface area contributed by atoms with E-state index in [9.17, 15) is 14.4 Å². The molecule has 0 aliphatic carbocycles. The number of aliphatic carboxylic acids is 1. The number of likely N-dealkylation sites (N-methyl/N-ethyl adjacent to an activating group) is 1. The molecule has 1 aromatic carbocycles. The molecule has 0 radical (unpaired) electrons. The average molecular weight is 345 g/mol. The molecule has 126 valence electrons. The highest BCUT2D eigenvalue weighted by molar-refractivity contribution is 7.14. The molecule has 0 aliphatic heterocycles. The molecule has 24 heavy (non-hydrogen) atoms. The van der Waals surface area contributed by atoms with Crippen molar-refractivity contribution in [3.05, 3.63) is 51.7 Å². The number of carbonyl (C=O) groups is 3. The van der Waals surface area contributed by atoms with Gasteiger partial charge in [-0.1, -0.05) is 19.1 Å². The molecule has 0 unspecified atom stereocenters. The van der Waals surface area contributed by atoms with Crippen LogP contribution >= 0.6 is 11.3 Å². The number of hydrogen-bond donors (Lipinski definition) is 1. The van der Waals surface area contributed by atoms with Gasteiger partial charge in [0.25, 0.3) is 11.7 Å². The van der Waals surface area contributed by atoms with Gasteiger partial charge in [0.2, 0.25) is 0 Å². The van der Waals surface area contributed by atoms with Gasteiger partial charge in [-0.05, 0) is 42.7 Å². The van der Waals surface area contributed by atoms with Gasteiger partial charge in [-0.3, -0.25) is 14.4 Å². The maximum Gasteiger partial charge on any atom is 0.303 e. The van der Waals surface area contributed by atoms with Gasteiger partial charge in [-0.15, -0.1) is 11.3 Å². The Morgan fingerprint density at radius 1 is 1.17 bits per heavy atom. The highest BCUT2D eigenvalue weighted by Crippen LogP contribution is 2.21. The molecule has 1 amide bonds. The highest BCUT2D eigenvalue weighted by atomic mass is 32.1. The SMILES string of the molecule is CCc1ccc(C(=O)C(=O)N(C)c2cccc(CCC(=O)O)c2)s1. The molecule has 0 spiro atoms. The van der Waals surface area contributed by atoms with Crippen LogP contribution in [0.4, 0.5) is 5.69 Å². The van der Waals surface area contributed by atoms with Crippen LogP contribution in [-0.2, 0) is 22.4 Å². The van der Waals surface area contributed by atoms with Gasteiger partial charge < -0.3 is 10.0 Å². The van der Waals surface area contributed by atoms with Gasteiger partial charge in [0.1, 0.15) is 0 Å². The first-order valence-electron chi connectivity index (χ1n) is 7.64. The van der Waals surface area contributed by atoms with E-state index in [0.717, 1.165) is 16.9 Å². The Kier molecular flexibility index (Phi) is 5.87. The third-order valence-corrected chi connectivity index (χ3v) is 4.89. The zero-order chi connectivity index (χ0) is 17.7. The number of benzene rings is 1. The number of thiophene rings is 1. The van der Waals surface area contributed by atoms with Gasteiger partial charge in [-0.25, -0.2) is 0 Å². The fraction of sp³-hybridized carbons (Fsp3) is 0.278. The number of ketones is 1. The number of rotatable bonds is 7. The standard InChI is InChI=1S/C18H19NO4S/c1-3-14-8-9-15(24-14)17(22)18(23)19(2)13-6-4-5-12(11-13)7-10-16(20)21/h4-6,8-9,11H,3,7,10H2,1-2H3,(H,20,21). The van der Waals surface area contributed by atoms with Gasteiger partial charge in [0.15, 0.2) is 0 Å². The Labute approximate surface area is 144 Å². The monoisotopic (exact) mass is 345 g/mol. The normalized spacial score (nSPS) is 10.4. The molecule has 5 nitrogen and oxygen atoms in total. The van der Waals surface area contributed by atoms with E-state index in [0.29, 0.717) is 17.0 Å². The Morgan fingerprint density at radius 2 is 1.92 bits per heavy atom. The quantitative estimate of drug-likeness (QED) is 0.618. The predicted octanol–water partition coefficient (Wildman–Crippen LogP) is 3.17. The molecule has 0 fully saturated rings. The summed E-state index contributed by atoms with van der Waals surface area (Å²) < 4.78 is 0. The zero-order valence-electron chi connectivity index (χ0n) is 13.6. The molecule has 0 saturated carbocycles. The van der Waals surface area contributed by atoms with Crippen LogP contribution in [0.1, 0.15) is 33.5 Å². The number of aryl methyl sites for hydroxylation is 2. The summed E-state index contributed by atoms with van der Waals surface area (Å²) in [6, 6.07) is 10.6. The fourth-order valence-corrected chi connectivity index (χ4v) is 3.12. The summed E-state index contributed by atoms with van der Waals surface area (Å²) in [6.45, 7) is 2.00. The maximum absolute atomic E-state index is 12.4. The minimum atomic E-state index is -0.871. The molecule has 1 aromatic heterocycles. The Hall–Kier alpha value is -2.47. The molecular formula is C18H19NO4S. The minimum Gasteiger partial charge on any atom is -0.481 e. The van der Waals surface area contributed by atoms with Crippen molar-refractivity contribution >= 4 is 34.7 Å². The fourth-order valence-electron chi connectivity index (χ4n) is 2.24. The minimum absolute atomic E-state index is 0.0229. The topological polar surface area (TPSA) is 74.7 Å². The van der Waals surface area contributed by atoms with E-state index in [2.05, 4.69) is 0 Å². The van der Waals surface area contributed by atoms with E-state index in [1.165, 1.54) is 16.2 Å². The second-order valence-electron chi connectivity index (χ2n) is 5.38. The number of nitrogens with zero attached hydrogens (tertiary/aromatic N) is 1. The van der Waals surface area contributed by atoms with Crippen molar-refractivity contribution in [3.8, 4) is 0 Å². The molecular weight excluding hydrogens is 326 g/mol. The van der Waals surface area contributed by atoms with Crippen LogP contribution in [0.15, 0.2) is 36.4 Å². The van der Waals surface area contributed by atoms with Crippen LogP contribution in [0.2, 0.25) is 0 Å². The lowest BCUT2D eigenvalue weighted by molar-refractivity contribution is -0.137. The number of carbonyl (C=O) groups excluding carboxylic acids is 2. The van der Waals surface area contributed by atoms with Crippen molar-refractivity contribution in [1.82, 2.24) is 0 Å². The van der Waals surface area contributed by atoms with Crippen molar-refractivity contribution < 1.29 is 19.5 Å². The number of amides is 1. The van der Waals surface area contributed by atoms with Gasteiger partial charge in [-0.2, -0.15) is 0 Å². The Balaban J connectivity index is 2.13. The summed E-state index contributed by atoms with van der Waals surface area (Å²) in [5, 5.41) is 8.75. The molecule has 0 saturated heterocycles. The number of anilines is 1. The molecule has 0 aliphatic rings. The summed E-state index contributed by atoms with van der Waals surface area (Å²) in [5.74, 6) is -2.00. The Bertz CT molecular complexity index is 766. The number of Topliss-reactive ketones (excluding diaryl/α,β-unsaturated/α-hetero) is 1. The number of carboxylic acids is 1. The Morgan fingerprint density at radius 3 is 2.54 bits per heavy atom. The molecule has 1 N–H and O–H groups in total. The second-order valence-corrected chi connectivity index (χ2v) is 6.54. The molecule has 2 rings (SSSR count). The van der Waals surface area contributed by atoms with Crippen LogP contribution < -0.4 is 4.90 Å². The first kappa shape index (κ1) is 17.9. The van der Waals surface area contributed by atoms with E-state index in [1.807, 2.05) is 13.0 Å². The summed E-state index contributed by atoms with van der Waals surface area (Å²) in [7, 11) is 1.55. The summed E-state index contributed by atoms with van der Waals surface area (Å²) in [6.07, 6.45) is 1.23. The van der Waals surface area contributed by atoms with Crippen LogP contribution in [-0.4, -0.2) is 29.8 Å². The second kappa shape index (κ2) is 7.88. The van der Waals surface area contributed by atoms with E-state index >= 15 is 0 Å². The van der Waals surface area contributed by atoms with E-state index in [-0.39, 0.29) is 6.42 Å². The number of carboxylic acid groups (broad SMARTS) is 1. The van der Waals surface area contributed by atoms with Crippen molar-refractivity contribution in [2.75, 3.05) is 11.9 Å². The first-order chi connectivity index (χ1) is 11.4. The lowest BCUT2D eigenvalue weighted by Gasteiger charge is -2.17. The summed E-state index contributed by atoms with van der Waals surface area (Å²) in [5.41, 5.74) is 1.38. The van der Waals surface area contributed by atoms with E-state index < -0.39 is 17.7 Å². The first-order valence-corrected chi connectivity index (χ1v) is 8.45. The van der Waals surface area contributed by atoms with Crippen molar-refractivity contribution in [2.24, 2.45) is 0 Å². The lowest BCUT2D eigenvalue weighted by atomic mass is 10.1. The molecule has 2 aromatic rings. The highest BCUT2D eigenvalue weighted by Gasteiger charge is 2.23. The van der Waals surface area contributed by atoms with Gasteiger partial charge in [0.05, 0.1) is 4.88 Å². The van der Waals surface area contributed by atoms with Crippen LogP contribution in [0.3, 0.4) is 0 Å². The lowest BCUT2D eigenvalue weighted by Crippen LogP contribution is -2.32. The van der Waals surface area contributed by atoms with E-state index in [1.54, 1.807) is 37.4 Å². The smallest absolute Gasteiger partial charge is 0.303 e. The van der Waals surface area contributed by atoms with Crippen molar-refractivity contribution in [2.45, 2.75) is 26.2 Å². The molecule has 0 bridgehead atoms. The number of hydrogen-bond acceptors (Lipinski definition) is 4. The summed E-state index contributed by atoms with van der Waals surface area (Å²) in [4.78, 5) is 38.2. The maximum atomic E-state index is 12.4. The van der Waals surface area contributed by atoms with Crippen LogP contribution in [0, 0.1) is 0 Å². The van der Waals surface area contributed by atoms with Crippen molar-refractivity contribution in [3.63, 3.8) is 0 Å². The van der Waals surface area contributed by atoms with E-state index in [4.69, 9.17) is 5.11 Å². The largest absolute Gasteiger partial charge is 0.481 e. The molecule has 6 heteroatoms. The molecule has 0 atom stereocenters. The molecule has 1 heterocycles. The van der Waals surface area contributed by atoms with Crippen molar-refractivity contribution in [1.29, 1.82) is 0 Å². The third-order valence-electron chi connectivity index (χ3n) is 3.66. The predicted molar refractivity (Wildman–Crippen MR) is 93.8 cm³/mol. The zero-order valence-corrected chi connectivity index (χ0v) is 14.4.